The number of hydrogen-bond acceptors (Lipinski definition) is 3. The number of morpholine rings is 1. The molecule has 1 aromatic rings. The van der Waals surface area contributed by atoms with Crippen molar-refractivity contribution in [3.8, 4) is 5.75 Å². The maximum absolute atomic E-state index is 13.8. The molecule has 0 saturated carbocycles. The quantitative estimate of drug-likeness (QED) is 0.934. The fraction of sp³-hybridized carbons (Fsp3) is 0.562. The minimum atomic E-state index is -0.436. The van der Waals surface area contributed by atoms with Crippen LogP contribution in [0.4, 0.5) is 9.18 Å². The predicted molar refractivity (Wildman–Crippen MR) is 81.5 cm³/mol. The van der Waals surface area contributed by atoms with E-state index in [1.165, 1.54) is 13.2 Å². The van der Waals surface area contributed by atoms with Gasteiger partial charge in [0.1, 0.15) is 0 Å². The van der Waals surface area contributed by atoms with Crippen molar-refractivity contribution < 1.29 is 18.7 Å². The summed E-state index contributed by atoms with van der Waals surface area (Å²) in [5, 5.41) is 2.91. The number of carbonyl (C=O) groups excluding carboxylic acids is 1. The summed E-state index contributed by atoms with van der Waals surface area (Å²) >= 11 is 0. The van der Waals surface area contributed by atoms with Crippen molar-refractivity contribution in [2.75, 3.05) is 20.3 Å². The number of methoxy groups -OCH3 is 1. The van der Waals surface area contributed by atoms with Gasteiger partial charge in [0.2, 0.25) is 0 Å². The van der Waals surface area contributed by atoms with E-state index in [1.54, 1.807) is 17.0 Å². The Morgan fingerprint density at radius 3 is 2.86 bits per heavy atom. The van der Waals surface area contributed by atoms with Gasteiger partial charge in [-0.2, -0.15) is 0 Å². The molecular formula is C16H23FN2O3. The van der Waals surface area contributed by atoms with Crippen LogP contribution in [0.15, 0.2) is 18.2 Å². The van der Waals surface area contributed by atoms with E-state index in [1.807, 2.05) is 20.8 Å². The van der Waals surface area contributed by atoms with Gasteiger partial charge in [-0.1, -0.05) is 6.07 Å². The smallest absolute Gasteiger partial charge is 0.318 e. The standard InChI is InChI=1S/C16H23FN2O3/c1-10(13-5-6-15(21-4)14(17)9-13)18-16(20)19-7-8-22-12(3)11(19)2/h5-6,9-12H,7-8H2,1-4H3,(H,18,20)/t10-,11+,12+/m0/s1. The van der Waals surface area contributed by atoms with Crippen molar-refractivity contribution in [3.63, 3.8) is 0 Å². The van der Waals surface area contributed by atoms with Crippen LogP contribution in [-0.2, 0) is 4.74 Å². The van der Waals surface area contributed by atoms with Crippen LogP contribution in [0, 0.1) is 5.82 Å². The first-order chi connectivity index (χ1) is 10.4. The Morgan fingerprint density at radius 1 is 1.50 bits per heavy atom. The van der Waals surface area contributed by atoms with Gasteiger partial charge >= 0.3 is 6.03 Å². The van der Waals surface area contributed by atoms with Gasteiger partial charge in [-0.05, 0) is 38.5 Å². The number of rotatable bonds is 3. The molecular weight excluding hydrogens is 287 g/mol. The molecule has 2 rings (SSSR count). The highest BCUT2D eigenvalue weighted by Crippen LogP contribution is 2.22. The second-order valence-corrected chi connectivity index (χ2v) is 5.58. The third-order valence-corrected chi connectivity index (χ3v) is 4.16. The zero-order valence-electron chi connectivity index (χ0n) is 13.4. The second kappa shape index (κ2) is 6.96. The minimum Gasteiger partial charge on any atom is -0.494 e. The lowest BCUT2D eigenvalue weighted by Crippen LogP contribution is -2.54. The highest BCUT2D eigenvalue weighted by Gasteiger charge is 2.29. The predicted octanol–water partition coefficient (Wildman–Crippen LogP) is 2.71. The van der Waals surface area contributed by atoms with Crippen LogP contribution in [0.5, 0.6) is 5.75 Å². The number of ether oxygens (including phenoxy) is 2. The van der Waals surface area contributed by atoms with Crippen LogP contribution >= 0.6 is 0 Å². The summed E-state index contributed by atoms with van der Waals surface area (Å²) in [5.74, 6) is -0.243. The number of nitrogens with one attached hydrogen (secondary N) is 1. The van der Waals surface area contributed by atoms with Crippen molar-refractivity contribution in [2.45, 2.75) is 39.0 Å². The maximum Gasteiger partial charge on any atom is 0.318 e. The average Bonchev–Trinajstić information content (AvgIpc) is 2.49. The van der Waals surface area contributed by atoms with Gasteiger partial charge in [0, 0.05) is 6.54 Å². The second-order valence-electron chi connectivity index (χ2n) is 5.58. The molecule has 0 aromatic heterocycles. The van der Waals surface area contributed by atoms with Crippen LogP contribution in [0.3, 0.4) is 0 Å². The van der Waals surface area contributed by atoms with E-state index >= 15 is 0 Å². The Bertz CT molecular complexity index is 538. The summed E-state index contributed by atoms with van der Waals surface area (Å²) in [5.41, 5.74) is 0.695. The summed E-state index contributed by atoms with van der Waals surface area (Å²) in [7, 11) is 1.42. The normalized spacial score (nSPS) is 23.0. The number of nitrogens with zero attached hydrogens (tertiary/aromatic N) is 1. The van der Waals surface area contributed by atoms with E-state index in [4.69, 9.17) is 9.47 Å². The van der Waals surface area contributed by atoms with Crippen molar-refractivity contribution in [1.29, 1.82) is 0 Å². The van der Waals surface area contributed by atoms with E-state index < -0.39 is 5.82 Å². The highest BCUT2D eigenvalue weighted by molar-refractivity contribution is 5.75. The largest absolute Gasteiger partial charge is 0.494 e. The lowest BCUT2D eigenvalue weighted by Gasteiger charge is -2.38. The van der Waals surface area contributed by atoms with Crippen molar-refractivity contribution in [1.82, 2.24) is 10.2 Å². The Hall–Kier alpha value is -1.82. The Balaban J connectivity index is 2.03. The molecule has 1 aliphatic heterocycles. The molecule has 1 fully saturated rings. The van der Waals surface area contributed by atoms with Crippen molar-refractivity contribution in [3.05, 3.63) is 29.6 Å². The molecule has 1 saturated heterocycles. The Labute approximate surface area is 130 Å². The fourth-order valence-corrected chi connectivity index (χ4v) is 2.52. The molecule has 0 aliphatic carbocycles. The fourth-order valence-electron chi connectivity index (χ4n) is 2.52. The van der Waals surface area contributed by atoms with Crippen molar-refractivity contribution >= 4 is 6.03 Å². The lowest BCUT2D eigenvalue weighted by atomic mass is 10.1. The first kappa shape index (κ1) is 16.5. The molecule has 0 unspecified atom stereocenters. The summed E-state index contributed by atoms with van der Waals surface area (Å²) < 4.78 is 24.2. The maximum atomic E-state index is 13.8. The van der Waals surface area contributed by atoms with Crippen LogP contribution in [0.2, 0.25) is 0 Å². The molecule has 1 aliphatic rings. The number of hydrogen-bond donors (Lipinski definition) is 1. The summed E-state index contributed by atoms with van der Waals surface area (Å²) in [6, 6.07) is 4.25. The number of halogens is 1. The third kappa shape index (κ3) is 3.50. The highest BCUT2D eigenvalue weighted by atomic mass is 19.1. The number of benzene rings is 1. The van der Waals surface area contributed by atoms with E-state index in [2.05, 4.69) is 5.32 Å². The molecule has 1 heterocycles. The first-order valence-corrected chi connectivity index (χ1v) is 7.46. The summed E-state index contributed by atoms with van der Waals surface area (Å²) in [4.78, 5) is 14.1. The van der Waals surface area contributed by atoms with Crippen LogP contribution in [-0.4, -0.2) is 43.3 Å². The SMILES string of the molecule is COc1ccc([C@H](C)NC(=O)N2CCO[C@H](C)[C@H]2C)cc1F. The summed E-state index contributed by atoms with van der Waals surface area (Å²) in [6.07, 6.45) is 0.00763. The van der Waals surface area contributed by atoms with Gasteiger partial charge in [-0.25, -0.2) is 9.18 Å². The Kier molecular flexibility index (Phi) is 5.24. The van der Waals surface area contributed by atoms with Gasteiger partial charge in [0.25, 0.3) is 0 Å². The number of amides is 2. The van der Waals surface area contributed by atoms with Crippen LogP contribution in [0.1, 0.15) is 32.4 Å². The molecule has 1 N–H and O–H groups in total. The minimum absolute atomic E-state index is 0.00763. The lowest BCUT2D eigenvalue weighted by molar-refractivity contribution is -0.0379. The molecule has 0 spiro atoms. The molecule has 1 aromatic carbocycles. The van der Waals surface area contributed by atoms with E-state index in [9.17, 15) is 9.18 Å². The van der Waals surface area contributed by atoms with Gasteiger partial charge in [-0.3, -0.25) is 0 Å². The van der Waals surface area contributed by atoms with E-state index in [0.717, 1.165) is 0 Å². The molecule has 5 nitrogen and oxygen atoms in total. The zero-order chi connectivity index (χ0) is 16.3. The topological polar surface area (TPSA) is 50.8 Å². The number of urea groups is 1. The molecule has 122 valence electrons. The third-order valence-electron chi connectivity index (χ3n) is 4.16. The monoisotopic (exact) mass is 310 g/mol. The molecule has 3 atom stereocenters. The van der Waals surface area contributed by atoms with Gasteiger partial charge in [-0.15, -0.1) is 0 Å². The molecule has 0 bridgehead atoms. The zero-order valence-corrected chi connectivity index (χ0v) is 13.4. The molecule has 22 heavy (non-hydrogen) atoms. The van der Waals surface area contributed by atoms with E-state index in [-0.39, 0.29) is 30.0 Å². The van der Waals surface area contributed by atoms with Gasteiger partial charge < -0.3 is 19.7 Å². The average molecular weight is 310 g/mol. The Morgan fingerprint density at radius 2 is 2.23 bits per heavy atom. The molecule has 2 amide bonds. The number of carbonyl (C=O) groups is 1. The van der Waals surface area contributed by atoms with Crippen molar-refractivity contribution in [2.24, 2.45) is 0 Å². The van der Waals surface area contributed by atoms with Crippen LogP contribution in [0.25, 0.3) is 0 Å². The first-order valence-electron chi connectivity index (χ1n) is 7.46. The van der Waals surface area contributed by atoms with Gasteiger partial charge in [0.05, 0.1) is 31.9 Å². The molecule has 6 heteroatoms. The van der Waals surface area contributed by atoms with Gasteiger partial charge in [0.15, 0.2) is 11.6 Å². The van der Waals surface area contributed by atoms with E-state index in [0.29, 0.717) is 18.7 Å². The molecule has 0 radical (unpaired) electrons. The summed E-state index contributed by atoms with van der Waals surface area (Å²) in [6.45, 7) is 6.83. The van der Waals surface area contributed by atoms with Crippen LogP contribution < -0.4 is 10.1 Å².